The van der Waals surface area contributed by atoms with Crippen LogP contribution >= 0.6 is 0 Å². The number of hydrogen-bond donors (Lipinski definition) is 1. The van der Waals surface area contributed by atoms with Crippen LogP contribution in [0.4, 0.5) is 11.6 Å². The van der Waals surface area contributed by atoms with Gasteiger partial charge in [0.25, 0.3) is 11.8 Å². The Morgan fingerprint density at radius 3 is 2.17 bits per heavy atom. The van der Waals surface area contributed by atoms with Gasteiger partial charge in [0.05, 0.1) is 29.2 Å². The van der Waals surface area contributed by atoms with Gasteiger partial charge in [-0.15, -0.1) is 0 Å². The van der Waals surface area contributed by atoms with E-state index in [1.165, 1.54) is 6.92 Å². The molecule has 1 atom stereocenters. The fraction of sp³-hybridized carbons (Fsp3) is 0.381. The van der Waals surface area contributed by atoms with Gasteiger partial charge in [-0.1, -0.05) is 19.1 Å². The number of imide groups is 1. The number of fused-ring (bicyclic) bond motifs is 1. The highest BCUT2D eigenvalue weighted by atomic mass is 16.2. The van der Waals surface area contributed by atoms with Gasteiger partial charge in [-0.25, -0.2) is 9.97 Å². The first-order valence-electron chi connectivity index (χ1n) is 9.80. The third kappa shape index (κ3) is 3.57. The Kier molecular flexibility index (Phi) is 5.00. The van der Waals surface area contributed by atoms with E-state index < -0.39 is 23.8 Å². The molecule has 0 saturated carbocycles. The summed E-state index contributed by atoms with van der Waals surface area (Å²) < 4.78 is 0. The van der Waals surface area contributed by atoms with Crippen LogP contribution in [0.2, 0.25) is 0 Å². The Morgan fingerprint density at radius 1 is 1.07 bits per heavy atom. The third-order valence-corrected chi connectivity index (χ3v) is 5.56. The average molecular weight is 393 g/mol. The monoisotopic (exact) mass is 393 g/mol. The lowest BCUT2D eigenvalue weighted by molar-refractivity contribution is -0.119. The quantitative estimate of drug-likeness (QED) is 0.801. The predicted octanol–water partition coefficient (Wildman–Crippen LogP) is 2.34. The normalized spacial score (nSPS) is 18.0. The van der Waals surface area contributed by atoms with Crippen LogP contribution in [-0.2, 0) is 4.79 Å². The van der Waals surface area contributed by atoms with E-state index in [0.29, 0.717) is 28.7 Å². The summed E-state index contributed by atoms with van der Waals surface area (Å²) in [7, 11) is 0. The molecule has 8 heteroatoms. The van der Waals surface area contributed by atoms with Crippen LogP contribution in [0.5, 0.6) is 0 Å². The standard InChI is InChI=1S/C21H23N5O3/c1-13-7-9-25(10-8-13)21-22-11-15(12-23-21)24-18(27)14(2)26-19(28)16-5-3-4-6-17(16)20(26)29/h3-6,11-14H,7-10H2,1-2H3,(H,24,27). The van der Waals surface area contributed by atoms with Crippen molar-refractivity contribution in [2.24, 2.45) is 5.92 Å². The Hall–Kier alpha value is -3.29. The zero-order valence-electron chi connectivity index (χ0n) is 16.5. The molecule has 4 rings (SSSR count). The summed E-state index contributed by atoms with van der Waals surface area (Å²) in [5, 5.41) is 2.70. The van der Waals surface area contributed by atoms with Crippen molar-refractivity contribution in [1.29, 1.82) is 0 Å². The molecule has 1 unspecified atom stereocenters. The fourth-order valence-electron chi connectivity index (χ4n) is 3.68. The molecule has 1 saturated heterocycles. The summed E-state index contributed by atoms with van der Waals surface area (Å²) >= 11 is 0. The minimum absolute atomic E-state index is 0.320. The second-order valence-electron chi connectivity index (χ2n) is 7.63. The van der Waals surface area contributed by atoms with Crippen molar-refractivity contribution >= 4 is 29.4 Å². The average Bonchev–Trinajstić information content (AvgIpc) is 2.99. The number of aromatic nitrogens is 2. The van der Waals surface area contributed by atoms with Crippen molar-refractivity contribution < 1.29 is 14.4 Å². The minimum Gasteiger partial charge on any atom is -0.341 e. The molecule has 1 aromatic carbocycles. The van der Waals surface area contributed by atoms with Gasteiger partial charge in [0.1, 0.15) is 6.04 Å². The van der Waals surface area contributed by atoms with Crippen molar-refractivity contribution in [3.05, 3.63) is 47.8 Å². The van der Waals surface area contributed by atoms with Gasteiger partial charge in [-0.05, 0) is 37.8 Å². The number of anilines is 2. The molecule has 2 aliphatic rings. The largest absolute Gasteiger partial charge is 0.341 e. The lowest BCUT2D eigenvalue weighted by Crippen LogP contribution is -2.45. The van der Waals surface area contributed by atoms with Gasteiger partial charge >= 0.3 is 0 Å². The summed E-state index contributed by atoms with van der Waals surface area (Å²) in [4.78, 5) is 49.6. The van der Waals surface area contributed by atoms with E-state index in [9.17, 15) is 14.4 Å². The topological polar surface area (TPSA) is 95.5 Å². The maximum absolute atomic E-state index is 12.6. The van der Waals surface area contributed by atoms with Gasteiger partial charge in [0, 0.05) is 13.1 Å². The predicted molar refractivity (Wildman–Crippen MR) is 108 cm³/mol. The number of nitrogens with one attached hydrogen (secondary N) is 1. The van der Waals surface area contributed by atoms with E-state index in [1.807, 2.05) is 0 Å². The number of nitrogens with zero attached hydrogens (tertiary/aromatic N) is 4. The highest BCUT2D eigenvalue weighted by Crippen LogP contribution is 2.25. The van der Waals surface area contributed by atoms with Crippen LogP contribution in [-0.4, -0.2) is 51.7 Å². The van der Waals surface area contributed by atoms with Crippen LogP contribution in [0.25, 0.3) is 0 Å². The van der Waals surface area contributed by atoms with Crippen molar-refractivity contribution in [2.75, 3.05) is 23.3 Å². The molecule has 0 bridgehead atoms. The summed E-state index contributed by atoms with van der Waals surface area (Å²) in [5.41, 5.74) is 1.06. The SMILES string of the molecule is CC1CCN(c2ncc(NC(=O)C(C)N3C(=O)c4ccccc4C3=O)cn2)CC1. The molecule has 3 heterocycles. The number of amides is 3. The maximum atomic E-state index is 12.6. The van der Waals surface area contributed by atoms with Crippen molar-refractivity contribution in [3.63, 3.8) is 0 Å². The molecule has 2 aliphatic heterocycles. The second kappa shape index (κ2) is 7.62. The molecule has 0 aliphatic carbocycles. The second-order valence-corrected chi connectivity index (χ2v) is 7.63. The van der Waals surface area contributed by atoms with E-state index in [4.69, 9.17) is 0 Å². The summed E-state index contributed by atoms with van der Waals surface area (Å²) in [5.74, 6) is -0.0299. The number of hydrogen-bond acceptors (Lipinski definition) is 6. The van der Waals surface area contributed by atoms with Gasteiger partial charge < -0.3 is 10.2 Å². The van der Waals surface area contributed by atoms with E-state index in [0.717, 1.165) is 30.8 Å². The van der Waals surface area contributed by atoms with Gasteiger partial charge in [-0.2, -0.15) is 0 Å². The lowest BCUT2D eigenvalue weighted by Gasteiger charge is -2.30. The highest BCUT2D eigenvalue weighted by molar-refractivity contribution is 6.23. The summed E-state index contributed by atoms with van der Waals surface area (Å²) in [6.07, 6.45) is 5.32. The van der Waals surface area contributed by atoms with Crippen molar-refractivity contribution in [2.45, 2.75) is 32.7 Å². The zero-order valence-corrected chi connectivity index (χ0v) is 16.5. The maximum Gasteiger partial charge on any atom is 0.262 e. The summed E-state index contributed by atoms with van der Waals surface area (Å²) in [6.45, 7) is 5.61. The molecule has 3 amide bonds. The Morgan fingerprint density at radius 2 is 1.62 bits per heavy atom. The Labute approximate surface area is 168 Å². The van der Waals surface area contributed by atoms with E-state index in [2.05, 4.69) is 27.1 Å². The fourth-order valence-corrected chi connectivity index (χ4v) is 3.68. The van der Waals surface area contributed by atoms with E-state index >= 15 is 0 Å². The van der Waals surface area contributed by atoms with E-state index in [-0.39, 0.29) is 0 Å². The molecule has 0 spiro atoms. The molecule has 0 radical (unpaired) electrons. The van der Waals surface area contributed by atoms with Crippen LogP contribution in [0.1, 0.15) is 47.4 Å². The first-order valence-corrected chi connectivity index (χ1v) is 9.80. The number of rotatable bonds is 4. The third-order valence-electron chi connectivity index (χ3n) is 5.56. The zero-order chi connectivity index (χ0) is 20.5. The molecule has 2 aromatic rings. The molecule has 150 valence electrons. The Bertz CT molecular complexity index is 916. The van der Waals surface area contributed by atoms with Gasteiger partial charge in [0.2, 0.25) is 11.9 Å². The molecule has 1 aromatic heterocycles. The van der Waals surface area contributed by atoms with Crippen LogP contribution in [0.3, 0.4) is 0 Å². The molecular weight excluding hydrogens is 370 g/mol. The number of benzene rings is 1. The minimum atomic E-state index is -0.953. The van der Waals surface area contributed by atoms with Crippen molar-refractivity contribution in [1.82, 2.24) is 14.9 Å². The molecular formula is C21H23N5O3. The van der Waals surface area contributed by atoms with E-state index in [1.54, 1.807) is 36.7 Å². The number of carbonyl (C=O) groups excluding carboxylic acids is 3. The first-order chi connectivity index (χ1) is 14.0. The van der Waals surface area contributed by atoms with Crippen LogP contribution in [0, 0.1) is 5.92 Å². The molecule has 1 fully saturated rings. The van der Waals surface area contributed by atoms with Gasteiger partial charge in [-0.3, -0.25) is 19.3 Å². The van der Waals surface area contributed by atoms with Crippen LogP contribution < -0.4 is 10.2 Å². The smallest absolute Gasteiger partial charge is 0.262 e. The summed E-state index contributed by atoms with van der Waals surface area (Å²) in [6, 6.07) is 5.62. The lowest BCUT2D eigenvalue weighted by atomic mass is 10.00. The van der Waals surface area contributed by atoms with Gasteiger partial charge in [0.15, 0.2) is 0 Å². The number of carbonyl (C=O) groups is 3. The molecule has 1 N–H and O–H groups in total. The highest BCUT2D eigenvalue weighted by Gasteiger charge is 2.40. The van der Waals surface area contributed by atoms with Crippen molar-refractivity contribution in [3.8, 4) is 0 Å². The first kappa shape index (κ1) is 19.0. The van der Waals surface area contributed by atoms with Crippen LogP contribution in [0.15, 0.2) is 36.7 Å². The molecule has 8 nitrogen and oxygen atoms in total. The molecule has 29 heavy (non-hydrogen) atoms. The Balaban J connectivity index is 1.42. The number of piperidine rings is 1.